The molecule has 0 aliphatic heterocycles. The fourth-order valence-electron chi connectivity index (χ4n) is 2.51. The summed E-state index contributed by atoms with van der Waals surface area (Å²) in [6.07, 6.45) is 2.93. The Kier molecular flexibility index (Phi) is 6.22. The van der Waals surface area contributed by atoms with Crippen LogP contribution < -0.4 is 15.4 Å². The van der Waals surface area contributed by atoms with Crippen LogP contribution in [0.4, 0.5) is 11.5 Å². The molecule has 2 aromatic heterocycles. The van der Waals surface area contributed by atoms with Gasteiger partial charge in [0.05, 0.1) is 25.4 Å². The first-order chi connectivity index (χ1) is 12.7. The number of nitrogens with zero attached hydrogens (tertiary/aromatic N) is 1. The fraction of sp³-hybridized carbons (Fsp3) is 0.200. The van der Waals surface area contributed by atoms with Gasteiger partial charge in [0, 0.05) is 11.4 Å². The number of carbonyl (C=O) groups is 1. The highest BCUT2D eigenvalue weighted by atomic mass is 32.1. The van der Waals surface area contributed by atoms with Crippen molar-refractivity contribution in [3.8, 4) is 5.75 Å². The molecule has 0 fully saturated rings. The molecule has 5 nitrogen and oxygen atoms in total. The maximum Gasteiger partial charge on any atom is 0.229 e. The van der Waals surface area contributed by atoms with Gasteiger partial charge in [-0.05, 0) is 47.7 Å². The van der Waals surface area contributed by atoms with E-state index in [9.17, 15) is 4.79 Å². The summed E-state index contributed by atoms with van der Waals surface area (Å²) in [7, 11) is 1.67. The van der Waals surface area contributed by atoms with E-state index in [2.05, 4.69) is 21.7 Å². The van der Waals surface area contributed by atoms with E-state index in [1.165, 1.54) is 5.56 Å². The minimum absolute atomic E-state index is 0.0343. The van der Waals surface area contributed by atoms with Crippen molar-refractivity contribution in [1.82, 2.24) is 4.98 Å². The summed E-state index contributed by atoms with van der Waals surface area (Å²) in [5.74, 6) is 1.61. The van der Waals surface area contributed by atoms with Crippen molar-refractivity contribution in [2.24, 2.45) is 0 Å². The number of anilines is 2. The van der Waals surface area contributed by atoms with Gasteiger partial charge in [0.2, 0.25) is 5.91 Å². The lowest BCUT2D eigenvalue weighted by Crippen LogP contribution is -2.14. The zero-order valence-corrected chi connectivity index (χ0v) is 15.4. The molecule has 0 saturated heterocycles. The predicted molar refractivity (Wildman–Crippen MR) is 106 cm³/mol. The molecule has 0 radical (unpaired) electrons. The first-order valence-corrected chi connectivity index (χ1v) is 9.26. The van der Waals surface area contributed by atoms with Crippen LogP contribution in [0, 0.1) is 0 Å². The Labute approximate surface area is 157 Å². The summed E-state index contributed by atoms with van der Waals surface area (Å²) >= 11 is 1.58. The molecule has 6 heteroatoms. The lowest BCUT2D eigenvalue weighted by molar-refractivity contribution is -0.115. The number of hydrogen-bond donors (Lipinski definition) is 2. The van der Waals surface area contributed by atoms with Crippen molar-refractivity contribution in [1.29, 1.82) is 0 Å². The average Bonchev–Trinajstić information content (AvgIpc) is 3.16. The summed E-state index contributed by atoms with van der Waals surface area (Å²) in [5, 5.41) is 8.12. The van der Waals surface area contributed by atoms with Gasteiger partial charge in [-0.15, -0.1) is 11.3 Å². The molecule has 0 spiro atoms. The van der Waals surface area contributed by atoms with Crippen LogP contribution in [0.1, 0.15) is 10.4 Å². The third-order valence-corrected chi connectivity index (χ3v) is 4.69. The van der Waals surface area contributed by atoms with Crippen molar-refractivity contribution >= 4 is 28.7 Å². The van der Waals surface area contributed by atoms with Gasteiger partial charge in [-0.3, -0.25) is 4.79 Å². The molecule has 3 aromatic rings. The van der Waals surface area contributed by atoms with E-state index in [1.807, 2.05) is 47.8 Å². The van der Waals surface area contributed by atoms with Crippen LogP contribution in [0.25, 0.3) is 0 Å². The van der Waals surface area contributed by atoms with E-state index in [0.717, 1.165) is 29.4 Å². The van der Waals surface area contributed by atoms with Crippen molar-refractivity contribution in [3.63, 3.8) is 0 Å². The largest absolute Gasteiger partial charge is 0.497 e. The first kappa shape index (κ1) is 17.9. The van der Waals surface area contributed by atoms with Crippen molar-refractivity contribution < 1.29 is 9.53 Å². The second-order valence-electron chi connectivity index (χ2n) is 5.76. The van der Waals surface area contributed by atoms with Crippen molar-refractivity contribution in [2.45, 2.75) is 12.8 Å². The number of amides is 1. The summed E-state index contributed by atoms with van der Waals surface area (Å²) in [4.78, 5) is 17.4. The summed E-state index contributed by atoms with van der Waals surface area (Å²) < 4.78 is 5.23. The maximum atomic E-state index is 12.0. The van der Waals surface area contributed by atoms with Crippen LogP contribution in [0.2, 0.25) is 0 Å². The molecule has 0 aliphatic rings. The van der Waals surface area contributed by atoms with Gasteiger partial charge in [-0.1, -0.05) is 18.2 Å². The second kappa shape index (κ2) is 9.01. The number of rotatable bonds is 8. The van der Waals surface area contributed by atoms with Crippen LogP contribution in [0.3, 0.4) is 0 Å². The third-order valence-electron chi connectivity index (χ3n) is 3.82. The minimum Gasteiger partial charge on any atom is -0.497 e. The minimum atomic E-state index is -0.0343. The van der Waals surface area contributed by atoms with Gasteiger partial charge in [-0.25, -0.2) is 4.98 Å². The van der Waals surface area contributed by atoms with Crippen LogP contribution in [-0.4, -0.2) is 24.5 Å². The highest BCUT2D eigenvalue weighted by Gasteiger charge is 2.05. The summed E-state index contributed by atoms with van der Waals surface area (Å²) in [6.45, 7) is 0.768. The van der Waals surface area contributed by atoms with E-state index >= 15 is 0 Å². The molecule has 2 heterocycles. The average molecular weight is 367 g/mol. The Morgan fingerprint density at radius 1 is 1.19 bits per heavy atom. The molecule has 0 aliphatic carbocycles. The Morgan fingerprint density at radius 3 is 2.85 bits per heavy atom. The number of nitrogens with one attached hydrogen (secondary N) is 2. The molecule has 3 rings (SSSR count). The van der Waals surface area contributed by atoms with Gasteiger partial charge >= 0.3 is 0 Å². The SMILES string of the molecule is COc1cccc(CCNc2ccc(NC(=O)Cc3cccs3)cn2)c1. The van der Waals surface area contributed by atoms with E-state index < -0.39 is 0 Å². The Hall–Kier alpha value is -2.86. The molecule has 134 valence electrons. The third kappa shape index (κ3) is 5.32. The zero-order chi connectivity index (χ0) is 18.2. The molecule has 1 amide bonds. The molecule has 26 heavy (non-hydrogen) atoms. The number of benzene rings is 1. The molecule has 1 aromatic carbocycles. The summed E-state index contributed by atoms with van der Waals surface area (Å²) in [5.41, 5.74) is 1.90. The lowest BCUT2D eigenvalue weighted by atomic mass is 10.1. The Morgan fingerprint density at radius 2 is 2.12 bits per heavy atom. The standard InChI is InChI=1S/C20H21N3O2S/c1-25-17-5-2-4-15(12-17)9-10-21-19-8-7-16(14-22-19)23-20(24)13-18-6-3-11-26-18/h2-8,11-12,14H,9-10,13H2,1H3,(H,21,22)(H,23,24). The van der Waals surface area contributed by atoms with E-state index in [4.69, 9.17) is 4.74 Å². The van der Waals surface area contributed by atoms with Crippen LogP contribution >= 0.6 is 11.3 Å². The van der Waals surface area contributed by atoms with Gasteiger partial charge in [0.1, 0.15) is 11.6 Å². The fourth-order valence-corrected chi connectivity index (χ4v) is 3.22. The van der Waals surface area contributed by atoms with Gasteiger partial charge < -0.3 is 15.4 Å². The monoisotopic (exact) mass is 367 g/mol. The van der Waals surface area contributed by atoms with Gasteiger partial charge in [0.15, 0.2) is 0 Å². The van der Waals surface area contributed by atoms with Crippen LogP contribution in [0.15, 0.2) is 60.1 Å². The smallest absolute Gasteiger partial charge is 0.229 e. The van der Waals surface area contributed by atoms with Gasteiger partial charge in [0.25, 0.3) is 0 Å². The molecule has 0 bridgehead atoms. The zero-order valence-electron chi connectivity index (χ0n) is 14.6. The number of ether oxygens (including phenoxy) is 1. The molecule has 0 atom stereocenters. The number of thiophene rings is 1. The van der Waals surface area contributed by atoms with E-state index in [-0.39, 0.29) is 5.91 Å². The van der Waals surface area contributed by atoms with E-state index in [1.54, 1.807) is 24.6 Å². The molecule has 0 saturated carbocycles. The Balaban J connectivity index is 1.45. The van der Waals surface area contributed by atoms with Gasteiger partial charge in [-0.2, -0.15) is 0 Å². The molecule has 2 N–H and O–H groups in total. The normalized spacial score (nSPS) is 10.3. The molecular formula is C20H21N3O2S. The predicted octanol–water partition coefficient (Wildman–Crippen LogP) is 3.99. The highest BCUT2D eigenvalue weighted by Crippen LogP contribution is 2.15. The first-order valence-electron chi connectivity index (χ1n) is 8.38. The topological polar surface area (TPSA) is 63.2 Å². The lowest BCUT2D eigenvalue weighted by Gasteiger charge is -2.08. The van der Waals surface area contributed by atoms with E-state index in [0.29, 0.717) is 12.1 Å². The maximum absolute atomic E-state index is 12.0. The van der Waals surface area contributed by atoms with Crippen LogP contribution in [0.5, 0.6) is 5.75 Å². The molecule has 0 unspecified atom stereocenters. The highest BCUT2D eigenvalue weighted by molar-refractivity contribution is 7.10. The molecular weight excluding hydrogens is 346 g/mol. The Bertz CT molecular complexity index is 833. The van der Waals surface area contributed by atoms with Crippen molar-refractivity contribution in [2.75, 3.05) is 24.3 Å². The van der Waals surface area contributed by atoms with Crippen molar-refractivity contribution in [3.05, 3.63) is 70.5 Å². The van der Waals surface area contributed by atoms with Crippen LogP contribution in [-0.2, 0) is 17.6 Å². The number of pyridine rings is 1. The second-order valence-corrected chi connectivity index (χ2v) is 6.80. The number of hydrogen-bond acceptors (Lipinski definition) is 5. The summed E-state index contributed by atoms with van der Waals surface area (Å²) in [6, 6.07) is 15.6. The number of methoxy groups -OCH3 is 1. The number of aromatic nitrogens is 1. The number of carbonyl (C=O) groups excluding carboxylic acids is 1. The quantitative estimate of drug-likeness (QED) is 0.632.